The minimum atomic E-state index is 0.696. The molecule has 1 unspecified atom stereocenters. The van der Waals surface area contributed by atoms with Gasteiger partial charge in [0.05, 0.1) is 0 Å². The summed E-state index contributed by atoms with van der Waals surface area (Å²) in [4.78, 5) is 2.76. The standard InChI is InChI=1S/C14H28N2/c1-2-3-10-16(13-8-9-13)14(11-15)12-6-4-5-7-12/h12-14H,2-11,15H2,1H3. The van der Waals surface area contributed by atoms with Crippen molar-refractivity contribution >= 4 is 0 Å². The van der Waals surface area contributed by atoms with Gasteiger partial charge in [-0.3, -0.25) is 4.90 Å². The van der Waals surface area contributed by atoms with Crippen LogP contribution in [0.2, 0.25) is 0 Å². The predicted octanol–water partition coefficient (Wildman–Crippen LogP) is 2.77. The highest BCUT2D eigenvalue weighted by atomic mass is 15.2. The molecule has 2 aliphatic rings. The van der Waals surface area contributed by atoms with Crippen LogP contribution >= 0.6 is 0 Å². The van der Waals surface area contributed by atoms with Gasteiger partial charge in [-0.25, -0.2) is 0 Å². The molecule has 0 aromatic rings. The van der Waals surface area contributed by atoms with Crippen molar-refractivity contribution in [2.75, 3.05) is 13.1 Å². The second-order valence-corrected chi connectivity index (χ2v) is 5.67. The van der Waals surface area contributed by atoms with E-state index in [1.54, 1.807) is 0 Å². The van der Waals surface area contributed by atoms with Crippen molar-refractivity contribution < 1.29 is 0 Å². The van der Waals surface area contributed by atoms with Crippen LogP contribution in [-0.2, 0) is 0 Å². The fourth-order valence-corrected chi connectivity index (χ4v) is 3.31. The second-order valence-electron chi connectivity index (χ2n) is 5.67. The largest absolute Gasteiger partial charge is 0.329 e. The molecule has 2 nitrogen and oxygen atoms in total. The van der Waals surface area contributed by atoms with E-state index in [1.165, 1.54) is 57.9 Å². The fraction of sp³-hybridized carbons (Fsp3) is 1.00. The molecule has 2 fully saturated rings. The van der Waals surface area contributed by atoms with Crippen LogP contribution in [-0.4, -0.2) is 30.1 Å². The fourth-order valence-electron chi connectivity index (χ4n) is 3.31. The Hall–Kier alpha value is -0.0800. The molecule has 0 saturated heterocycles. The van der Waals surface area contributed by atoms with Gasteiger partial charge in [0.15, 0.2) is 0 Å². The topological polar surface area (TPSA) is 29.3 Å². The number of unbranched alkanes of at least 4 members (excludes halogenated alkanes) is 1. The Labute approximate surface area is 101 Å². The number of nitrogens with zero attached hydrogens (tertiary/aromatic N) is 1. The Morgan fingerprint density at radius 3 is 2.38 bits per heavy atom. The molecule has 2 heteroatoms. The average Bonchev–Trinajstić information content (AvgIpc) is 3.00. The first-order valence-corrected chi connectivity index (χ1v) is 7.32. The summed E-state index contributed by atoms with van der Waals surface area (Å²) >= 11 is 0. The molecule has 2 rings (SSSR count). The quantitative estimate of drug-likeness (QED) is 0.720. The molecule has 0 aliphatic heterocycles. The van der Waals surface area contributed by atoms with Gasteiger partial charge in [-0.15, -0.1) is 0 Å². The Balaban J connectivity index is 1.91. The van der Waals surface area contributed by atoms with Gasteiger partial charge in [0.2, 0.25) is 0 Å². The van der Waals surface area contributed by atoms with Gasteiger partial charge in [0, 0.05) is 18.6 Å². The Morgan fingerprint density at radius 1 is 1.19 bits per heavy atom. The van der Waals surface area contributed by atoms with Crippen LogP contribution < -0.4 is 5.73 Å². The van der Waals surface area contributed by atoms with Crippen LogP contribution in [0.3, 0.4) is 0 Å². The molecule has 0 bridgehead atoms. The van der Waals surface area contributed by atoms with E-state index < -0.39 is 0 Å². The van der Waals surface area contributed by atoms with E-state index in [4.69, 9.17) is 5.73 Å². The maximum absolute atomic E-state index is 6.05. The first-order valence-electron chi connectivity index (χ1n) is 7.32. The van der Waals surface area contributed by atoms with Crippen molar-refractivity contribution in [2.45, 2.75) is 70.4 Å². The third-order valence-corrected chi connectivity index (χ3v) is 4.40. The summed E-state index contributed by atoms with van der Waals surface area (Å²) in [5.74, 6) is 0.905. The van der Waals surface area contributed by atoms with E-state index in [9.17, 15) is 0 Å². The SMILES string of the molecule is CCCCN(C1CC1)C(CN)C1CCCC1. The van der Waals surface area contributed by atoms with Crippen LogP contribution in [0.5, 0.6) is 0 Å². The molecule has 0 aromatic carbocycles. The summed E-state index contributed by atoms with van der Waals surface area (Å²) in [6, 6.07) is 1.59. The third-order valence-electron chi connectivity index (χ3n) is 4.40. The van der Waals surface area contributed by atoms with Crippen LogP contribution in [0.4, 0.5) is 0 Å². The van der Waals surface area contributed by atoms with Gasteiger partial charge in [-0.05, 0) is 44.6 Å². The predicted molar refractivity (Wildman–Crippen MR) is 69.4 cm³/mol. The average molecular weight is 224 g/mol. The number of rotatable bonds is 7. The highest BCUT2D eigenvalue weighted by molar-refractivity contribution is 4.92. The second kappa shape index (κ2) is 6.02. The van der Waals surface area contributed by atoms with E-state index in [2.05, 4.69) is 11.8 Å². The van der Waals surface area contributed by atoms with Crippen molar-refractivity contribution in [1.82, 2.24) is 4.90 Å². The zero-order valence-corrected chi connectivity index (χ0v) is 10.8. The van der Waals surface area contributed by atoms with Crippen molar-refractivity contribution in [3.63, 3.8) is 0 Å². The van der Waals surface area contributed by atoms with Gasteiger partial charge < -0.3 is 5.73 Å². The van der Waals surface area contributed by atoms with Gasteiger partial charge >= 0.3 is 0 Å². The Morgan fingerprint density at radius 2 is 1.88 bits per heavy atom. The first-order chi connectivity index (χ1) is 7.86. The number of nitrogens with two attached hydrogens (primary N) is 1. The van der Waals surface area contributed by atoms with Gasteiger partial charge in [-0.1, -0.05) is 26.2 Å². The summed E-state index contributed by atoms with van der Waals surface area (Å²) in [6.45, 7) is 4.46. The zero-order chi connectivity index (χ0) is 11.4. The van der Waals surface area contributed by atoms with Gasteiger partial charge in [0.25, 0.3) is 0 Å². The van der Waals surface area contributed by atoms with E-state index in [0.717, 1.165) is 18.5 Å². The summed E-state index contributed by atoms with van der Waals surface area (Å²) in [6.07, 6.45) is 11.2. The summed E-state index contributed by atoms with van der Waals surface area (Å²) in [5, 5.41) is 0. The molecule has 2 aliphatic carbocycles. The first kappa shape index (κ1) is 12.4. The molecule has 0 heterocycles. The Bertz CT molecular complexity index is 195. The molecular weight excluding hydrogens is 196 g/mol. The number of hydrogen-bond acceptors (Lipinski definition) is 2. The molecule has 0 amide bonds. The zero-order valence-electron chi connectivity index (χ0n) is 10.8. The van der Waals surface area contributed by atoms with E-state index in [1.807, 2.05) is 0 Å². The lowest BCUT2D eigenvalue weighted by Gasteiger charge is -2.35. The van der Waals surface area contributed by atoms with E-state index >= 15 is 0 Å². The molecule has 0 radical (unpaired) electrons. The maximum Gasteiger partial charge on any atom is 0.0249 e. The lowest BCUT2D eigenvalue weighted by Crippen LogP contribution is -2.46. The smallest absolute Gasteiger partial charge is 0.0249 e. The molecular formula is C14H28N2. The monoisotopic (exact) mass is 224 g/mol. The van der Waals surface area contributed by atoms with Crippen molar-refractivity contribution in [3.05, 3.63) is 0 Å². The molecule has 94 valence electrons. The Kier molecular flexibility index (Phi) is 4.66. The van der Waals surface area contributed by atoms with Crippen LogP contribution in [0, 0.1) is 5.92 Å². The maximum atomic E-state index is 6.05. The van der Waals surface area contributed by atoms with Gasteiger partial charge in [-0.2, -0.15) is 0 Å². The molecule has 0 spiro atoms. The highest BCUT2D eigenvalue weighted by Gasteiger charge is 2.37. The molecule has 2 N–H and O–H groups in total. The van der Waals surface area contributed by atoms with Crippen LogP contribution in [0.15, 0.2) is 0 Å². The van der Waals surface area contributed by atoms with E-state index in [0.29, 0.717) is 6.04 Å². The number of hydrogen-bond donors (Lipinski definition) is 1. The molecule has 2 saturated carbocycles. The lowest BCUT2D eigenvalue weighted by atomic mass is 9.96. The van der Waals surface area contributed by atoms with Crippen molar-refractivity contribution in [1.29, 1.82) is 0 Å². The summed E-state index contributed by atoms with van der Waals surface area (Å²) in [5.41, 5.74) is 6.05. The molecule has 0 aromatic heterocycles. The summed E-state index contributed by atoms with van der Waals surface area (Å²) < 4.78 is 0. The molecule has 1 atom stereocenters. The normalized spacial score (nSPS) is 24.2. The van der Waals surface area contributed by atoms with E-state index in [-0.39, 0.29) is 0 Å². The van der Waals surface area contributed by atoms with Crippen LogP contribution in [0.25, 0.3) is 0 Å². The summed E-state index contributed by atoms with van der Waals surface area (Å²) in [7, 11) is 0. The minimum absolute atomic E-state index is 0.696. The highest BCUT2D eigenvalue weighted by Crippen LogP contribution is 2.36. The van der Waals surface area contributed by atoms with Crippen LogP contribution in [0.1, 0.15) is 58.3 Å². The lowest BCUT2D eigenvalue weighted by molar-refractivity contribution is 0.136. The third kappa shape index (κ3) is 2.98. The molecule has 16 heavy (non-hydrogen) atoms. The van der Waals surface area contributed by atoms with Gasteiger partial charge in [0.1, 0.15) is 0 Å². The van der Waals surface area contributed by atoms with Crippen molar-refractivity contribution in [2.24, 2.45) is 11.7 Å². The van der Waals surface area contributed by atoms with Crippen molar-refractivity contribution in [3.8, 4) is 0 Å². The minimum Gasteiger partial charge on any atom is -0.329 e.